The molecule has 0 aliphatic rings. The van der Waals surface area contributed by atoms with Gasteiger partial charge in [-0.25, -0.2) is 0 Å². The summed E-state index contributed by atoms with van der Waals surface area (Å²) in [6.07, 6.45) is 0. The number of ether oxygens (including phenoxy) is 1. The molecule has 0 atom stereocenters. The minimum atomic E-state index is 0.552. The van der Waals surface area contributed by atoms with Gasteiger partial charge in [0.15, 0.2) is 0 Å². The van der Waals surface area contributed by atoms with Gasteiger partial charge in [-0.3, -0.25) is 0 Å². The number of hydrogen-bond acceptors (Lipinski definition) is 2. The van der Waals surface area contributed by atoms with E-state index < -0.39 is 0 Å². The number of anilines is 1. The van der Waals surface area contributed by atoms with E-state index in [0.717, 1.165) is 26.1 Å². The molecule has 2 aromatic carbocycles. The third kappa shape index (κ3) is 2.91. The quantitative estimate of drug-likeness (QED) is 0.683. The highest BCUT2D eigenvalue weighted by Gasteiger charge is 2.03. The second kappa shape index (κ2) is 5.40. The predicted octanol–water partition coefficient (Wildman–Crippen LogP) is 3.76. The number of halogens is 1. The Kier molecular flexibility index (Phi) is 3.89. The second-order valence-electron chi connectivity index (χ2n) is 3.85. The van der Waals surface area contributed by atoms with Gasteiger partial charge in [0.2, 0.25) is 0 Å². The first-order valence-electron chi connectivity index (χ1n) is 5.40. The maximum absolute atomic E-state index is 5.86. The molecular weight excluding hydrogens is 325 g/mol. The molecule has 0 aromatic heterocycles. The fourth-order valence-electron chi connectivity index (χ4n) is 1.58. The lowest BCUT2D eigenvalue weighted by molar-refractivity contribution is 0.303. The van der Waals surface area contributed by atoms with Gasteiger partial charge in [-0.1, -0.05) is 24.3 Å². The van der Waals surface area contributed by atoms with Gasteiger partial charge >= 0.3 is 0 Å². The van der Waals surface area contributed by atoms with Crippen LogP contribution >= 0.6 is 22.6 Å². The summed E-state index contributed by atoms with van der Waals surface area (Å²) in [5.41, 5.74) is 8.90. The van der Waals surface area contributed by atoms with Gasteiger partial charge < -0.3 is 10.5 Å². The number of rotatable bonds is 3. The van der Waals surface area contributed by atoms with Crippen molar-refractivity contribution in [2.45, 2.75) is 13.5 Å². The van der Waals surface area contributed by atoms with E-state index in [-0.39, 0.29) is 0 Å². The summed E-state index contributed by atoms with van der Waals surface area (Å²) in [6.45, 7) is 2.57. The van der Waals surface area contributed by atoms with Crippen molar-refractivity contribution in [3.05, 3.63) is 57.2 Å². The van der Waals surface area contributed by atoms with E-state index in [9.17, 15) is 0 Å². The summed E-state index contributed by atoms with van der Waals surface area (Å²) in [5, 5.41) is 0. The lowest BCUT2D eigenvalue weighted by Gasteiger charge is -2.11. The molecule has 0 aliphatic heterocycles. The molecule has 0 spiro atoms. The lowest BCUT2D eigenvalue weighted by Crippen LogP contribution is -2.01. The van der Waals surface area contributed by atoms with Crippen LogP contribution in [0.25, 0.3) is 0 Å². The van der Waals surface area contributed by atoms with Crippen molar-refractivity contribution in [2.24, 2.45) is 0 Å². The van der Waals surface area contributed by atoms with Crippen molar-refractivity contribution >= 4 is 28.3 Å². The molecule has 88 valence electrons. The van der Waals surface area contributed by atoms with Gasteiger partial charge in [0.25, 0.3) is 0 Å². The Bertz CT molecular complexity index is 525. The average molecular weight is 339 g/mol. The lowest BCUT2D eigenvalue weighted by atomic mass is 10.1. The van der Waals surface area contributed by atoms with Crippen molar-refractivity contribution < 1.29 is 4.74 Å². The minimum Gasteiger partial charge on any atom is -0.488 e. The van der Waals surface area contributed by atoms with Gasteiger partial charge in [-0.2, -0.15) is 0 Å². The Morgan fingerprint density at radius 2 is 1.88 bits per heavy atom. The molecule has 0 saturated heterocycles. The van der Waals surface area contributed by atoms with Crippen molar-refractivity contribution in [3.8, 4) is 5.75 Å². The summed E-state index contributed by atoms with van der Waals surface area (Å²) in [6, 6.07) is 13.9. The van der Waals surface area contributed by atoms with E-state index in [2.05, 4.69) is 22.6 Å². The highest BCUT2D eigenvalue weighted by molar-refractivity contribution is 14.1. The van der Waals surface area contributed by atoms with Gasteiger partial charge in [-0.05, 0) is 58.8 Å². The van der Waals surface area contributed by atoms with E-state index in [1.807, 2.05) is 49.4 Å². The van der Waals surface area contributed by atoms with Crippen LogP contribution < -0.4 is 10.5 Å². The molecule has 0 fully saturated rings. The second-order valence-corrected chi connectivity index (χ2v) is 5.01. The molecule has 2 aromatic rings. The van der Waals surface area contributed by atoms with Crippen molar-refractivity contribution in [1.29, 1.82) is 0 Å². The monoisotopic (exact) mass is 339 g/mol. The topological polar surface area (TPSA) is 35.2 Å². The molecule has 17 heavy (non-hydrogen) atoms. The van der Waals surface area contributed by atoms with Crippen molar-refractivity contribution in [1.82, 2.24) is 0 Å². The van der Waals surface area contributed by atoms with Crippen molar-refractivity contribution in [2.75, 3.05) is 5.73 Å². The first-order valence-corrected chi connectivity index (χ1v) is 6.47. The first-order chi connectivity index (χ1) is 8.18. The first kappa shape index (κ1) is 12.2. The minimum absolute atomic E-state index is 0.552. The maximum Gasteiger partial charge on any atom is 0.133 e. The zero-order valence-corrected chi connectivity index (χ0v) is 11.8. The van der Waals surface area contributed by atoms with Gasteiger partial charge in [0, 0.05) is 5.69 Å². The van der Waals surface area contributed by atoms with Gasteiger partial charge in [-0.15, -0.1) is 0 Å². The van der Waals surface area contributed by atoms with Crippen LogP contribution in [-0.2, 0) is 6.61 Å². The Labute approximate surface area is 115 Å². The number of benzene rings is 2. The SMILES string of the molecule is Cc1c(N)cccc1COc1ccccc1I. The highest BCUT2D eigenvalue weighted by Crippen LogP contribution is 2.22. The molecule has 0 unspecified atom stereocenters. The number of nitrogen functional groups attached to an aromatic ring is 1. The Balaban J connectivity index is 2.13. The fourth-order valence-corrected chi connectivity index (χ4v) is 2.12. The number of hydrogen-bond donors (Lipinski definition) is 1. The van der Waals surface area contributed by atoms with E-state index in [1.54, 1.807) is 0 Å². The van der Waals surface area contributed by atoms with Crippen LogP contribution in [0.2, 0.25) is 0 Å². The standard InChI is InChI=1S/C14H14INO/c1-10-11(5-4-7-13(10)16)9-17-14-8-3-2-6-12(14)15/h2-8H,9,16H2,1H3. The summed E-state index contributed by atoms with van der Waals surface area (Å²) in [7, 11) is 0. The predicted molar refractivity (Wildman–Crippen MR) is 79.1 cm³/mol. The molecule has 0 radical (unpaired) electrons. The molecule has 0 aliphatic carbocycles. The molecule has 0 bridgehead atoms. The van der Waals surface area contributed by atoms with E-state index in [4.69, 9.17) is 10.5 Å². The van der Waals surface area contributed by atoms with Gasteiger partial charge in [0.05, 0.1) is 3.57 Å². The van der Waals surface area contributed by atoms with E-state index >= 15 is 0 Å². The third-order valence-corrected chi connectivity index (χ3v) is 3.60. The molecule has 0 saturated carbocycles. The van der Waals surface area contributed by atoms with Crippen molar-refractivity contribution in [3.63, 3.8) is 0 Å². The summed E-state index contributed by atoms with van der Waals surface area (Å²) >= 11 is 2.27. The molecule has 0 amide bonds. The molecular formula is C14H14INO. The molecule has 2 N–H and O–H groups in total. The number of para-hydroxylation sites is 1. The normalized spacial score (nSPS) is 10.2. The van der Waals surface area contributed by atoms with Crippen LogP contribution in [0.5, 0.6) is 5.75 Å². The van der Waals surface area contributed by atoms with Crippen LogP contribution in [0.1, 0.15) is 11.1 Å². The van der Waals surface area contributed by atoms with Crippen LogP contribution in [0.3, 0.4) is 0 Å². The van der Waals surface area contributed by atoms with Crippen LogP contribution in [0, 0.1) is 10.5 Å². The molecule has 0 heterocycles. The van der Waals surface area contributed by atoms with E-state index in [1.165, 1.54) is 0 Å². The Morgan fingerprint density at radius 3 is 2.65 bits per heavy atom. The van der Waals surface area contributed by atoms with Crippen LogP contribution in [0.15, 0.2) is 42.5 Å². The van der Waals surface area contributed by atoms with Crippen LogP contribution in [-0.4, -0.2) is 0 Å². The zero-order valence-electron chi connectivity index (χ0n) is 9.61. The molecule has 3 heteroatoms. The fraction of sp³-hybridized carbons (Fsp3) is 0.143. The zero-order chi connectivity index (χ0) is 12.3. The molecule has 2 nitrogen and oxygen atoms in total. The van der Waals surface area contributed by atoms with Gasteiger partial charge in [0.1, 0.15) is 12.4 Å². The summed E-state index contributed by atoms with van der Waals surface area (Å²) in [4.78, 5) is 0. The third-order valence-electron chi connectivity index (χ3n) is 2.71. The van der Waals surface area contributed by atoms with Crippen LogP contribution in [0.4, 0.5) is 5.69 Å². The largest absolute Gasteiger partial charge is 0.488 e. The Hall–Kier alpha value is -1.23. The molecule has 2 rings (SSSR count). The highest BCUT2D eigenvalue weighted by atomic mass is 127. The summed E-state index contributed by atoms with van der Waals surface area (Å²) < 4.78 is 6.91. The smallest absolute Gasteiger partial charge is 0.133 e. The maximum atomic E-state index is 5.86. The summed E-state index contributed by atoms with van der Waals surface area (Å²) in [5.74, 6) is 0.912. The number of nitrogens with two attached hydrogens (primary N) is 1. The average Bonchev–Trinajstić information content (AvgIpc) is 2.33. The Morgan fingerprint density at radius 1 is 1.12 bits per heavy atom. The van der Waals surface area contributed by atoms with E-state index in [0.29, 0.717) is 6.61 Å².